The van der Waals surface area contributed by atoms with Crippen molar-refractivity contribution >= 4 is 5.91 Å². The highest BCUT2D eigenvalue weighted by atomic mass is 16.5. The molecule has 0 aromatic heterocycles. The van der Waals surface area contributed by atoms with Gasteiger partial charge in [0, 0.05) is 25.7 Å². The fourth-order valence-electron chi connectivity index (χ4n) is 3.46. The van der Waals surface area contributed by atoms with E-state index < -0.39 is 0 Å². The Morgan fingerprint density at radius 2 is 2.17 bits per heavy atom. The average Bonchev–Trinajstić information content (AvgIpc) is 3.09. The zero-order chi connectivity index (χ0) is 16.8. The van der Waals surface area contributed by atoms with Gasteiger partial charge in [0.05, 0.1) is 18.3 Å². The van der Waals surface area contributed by atoms with Crippen LogP contribution in [-0.4, -0.2) is 45.5 Å². The monoisotopic (exact) mass is 333 g/mol. The Kier molecular flexibility index (Phi) is 5.74. The highest BCUT2D eigenvalue weighted by Crippen LogP contribution is 2.40. The molecule has 1 aliphatic heterocycles. The number of para-hydroxylation sites is 1. The van der Waals surface area contributed by atoms with Crippen molar-refractivity contribution in [1.29, 1.82) is 0 Å². The summed E-state index contributed by atoms with van der Waals surface area (Å²) in [5.41, 5.74) is 0.695. The van der Waals surface area contributed by atoms with Gasteiger partial charge in [0.1, 0.15) is 12.4 Å². The number of hydrogen-bond acceptors (Lipinski definition) is 4. The van der Waals surface area contributed by atoms with Gasteiger partial charge in [-0.3, -0.25) is 4.79 Å². The third-order valence-corrected chi connectivity index (χ3v) is 5.07. The van der Waals surface area contributed by atoms with E-state index in [-0.39, 0.29) is 17.4 Å². The summed E-state index contributed by atoms with van der Waals surface area (Å²) in [7, 11) is 1.72. The van der Waals surface area contributed by atoms with Crippen LogP contribution in [0, 0.1) is 5.41 Å². The van der Waals surface area contributed by atoms with Gasteiger partial charge in [-0.05, 0) is 37.8 Å². The van der Waals surface area contributed by atoms with E-state index in [1.165, 1.54) is 6.42 Å². The maximum absolute atomic E-state index is 12.6. The first kappa shape index (κ1) is 17.2. The summed E-state index contributed by atoms with van der Waals surface area (Å²) in [6.07, 6.45) is 5.67. The number of carbonyl (C=O) groups is 1. The molecular formula is C19H27NO4. The van der Waals surface area contributed by atoms with E-state index in [0.717, 1.165) is 32.3 Å². The van der Waals surface area contributed by atoms with Gasteiger partial charge < -0.3 is 19.5 Å². The minimum Gasteiger partial charge on any atom is -0.490 e. The van der Waals surface area contributed by atoms with Crippen molar-refractivity contribution in [1.82, 2.24) is 5.32 Å². The molecule has 3 rings (SSSR count). The Bertz CT molecular complexity index is 550. The number of methoxy groups -OCH3 is 1. The zero-order valence-corrected chi connectivity index (χ0v) is 14.4. The molecule has 1 atom stereocenters. The van der Waals surface area contributed by atoms with Crippen molar-refractivity contribution in [2.75, 3.05) is 33.5 Å². The standard InChI is InChI=1S/C19H27NO4/c1-22-14-19(9-5-10-19)13-20-18(21)16-7-2-3-8-17(16)24-12-15-6-4-11-23-15/h2-3,7-8,15H,4-6,9-14H2,1H3,(H,20,21)/t15-/m0/s1. The second kappa shape index (κ2) is 7.99. The molecule has 132 valence electrons. The first-order chi connectivity index (χ1) is 11.7. The molecule has 1 amide bonds. The molecule has 1 N–H and O–H groups in total. The Hall–Kier alpha value is -1.59. The number of ether oxygens (including phenoxy) is 3. The van der Waals surface area contributed by atoms with Crippen LogP contribution in [0.1, 0.15) is 42.5 Å². The zero-order valence-electron chi connectivity index (χ0n) is 14.4. The van der Waals surface area contributed by atoms with Crippen LogP contribution < -0.4 is 10.1 Å². The minimum atomic E-state index is -0.0830. The summed E-state index contributed by atoms with van der Waals surface area (Å²) >= 11 is 0. The predicted octanol–water partition coefficient (Wildman–Crippen LogP) is 2.79. The fourth-order valence-corrected chi connectivity index (χ4v) is 3.46. The first-order valence-electron chi connectivity index (χ1n) is 8.83. The molecule has 5 nitrogen and oxygen atoms in total. The molecule has 1 aromatic carbocycles. The van der Waals surface area contributed by atoms with Crippen LogP contribution >= 0.6 is 0 Å². The number of hydrogen-bond donors (Lipinski definition) is 1. The highest BCUT2D eigenvalue weighted by Gasteiger charge is 2.37. The van der Waals surface area contributed by atoms with Crippen molar-refractivity contribution < 1.29 is 19.0 Å². The van der Waals surface area contributed by atoms with E-state index in [4.69, 9.17) is 14.2 Å². The lowest BCUT2D eigenvalue weighted by Crippen LogP contribution is -2.45. The van der Waals surface area contributed by atoms with Crippen LogP contribution in [0.3, 0.4) is 0 Å². The van der Waals surface area contributed by atoms with Crippen molar-refractivity contribution in [3.05, 3.63) is 29.8 Å². The van der Waals surface area contributed by atoms with Gasteiger partial charge in [0.25, 0.3) is 5.91 Å². The van der Waals surface area contributed by atoms with Crippen LogP contribution in [0.4, 0.5) is 0 Å². The van der Waals surface area contributed by atoms with Crippen LogP contribution in [0.5, 0.6) is 5.75 Å². The maximum atomic E-state index is 12.6. The summed E-state index contributed by atoms with van der Waals surface area (Å²) < 4.78 is 16.7. The third kappa shape index (κ3) is 4.08. The van der Waals surface area contributed by atoms with Crippen molar-refractivity contribution in [2.24, 2.45) is 5.41 Å². The SMILES string of the molecule is COCC1(CNC(=O)c2ccccc2OC[C@@H]2CCCO2)CCC1. The lowest BCUT2D eigenvalue weighted by molar-refractivity contribution is 0.0179. The highest BCUT2D eigenvalue weighted by molar-refractivity contribution is 5.96. The van der Waals surface area contributed by atoms with Crippen molar-refractivity contribution in [3.63, 3.8) is 0 Å². The second-order valence-electron chi connectivity index (χ2n) is 6.91. The lowest BCUT2D eigenvalue weighted by Gasteiger charge is -2.41. The van der Waals surface area contributed by atoms with Crippen LogP contribution in [0.25, 0.3) is 0 Å². The number of benzene rings is 1. The van der Waals surface area contributed by atoms with Crippen molar-refractivity contribution in [2.45, 2.75) is 38.2 Å². The molecule has 0 spiro atoms. The van der Waals surface area contributed by atoms with Crippen LogP contribution in [0.15, 0.2) is 24.3 Å². The predicted molar refractivity (Wildman–Crippen MR) is 91.4 cm³/mol. The lowest BCUT2D eigenvalue weighted by atomic mass is 9.69. The normalized spacial score (nSPS) is 22.0. The summed E-state index contributed by atoms with van der Waals surface area (Å²) in [4.78, 5) is 12.6. The molecule has 1 aliphatic carbocycles. The van der Waals surface area contributed by atoms with E-state index in [1.807, 2.05) is 24.3 Å². The molecule has 2 fully saturated rings. The van der Waals surface area contributed by atoms with Gasteiger partial charge >= 0.3 is 0 Å². The smallest absolute Gasteiger partial charge is 0.255 e. The first-order valence-corrected chi connectivity index (χ1v) is 8.83. The molecule has 0 radical (unpaired) electrons. The largest absolute Gasteiger partial charge is 0.490 e. The van der Waals surface area contributed by atoms with Gasteiger partial charge in [0.15, 0.2) is 0 Å². The average molecular weight is 333 g/mol. The summed E-state index contributed by atoms with van der Waals surface area (Å²) in [6, 6.07) is 7.41. The number of nitrogens with one attached hydrogen (secondary N) is 1. The fraction of sp³-hybridized carbons (Fsp3) is 0.632. The molecule has 1 saturated heterocycles. The number of carbonyl (C=O) groups excluding carboxylic acids is 1. The van der Waals surface area contributed by atoms with Crippen LogP contribution in [-0.2, 0) is 9.47 Å². The topological polar surface area (TPSA) is 56.8 Å². The van der Waals surface area contributed by atoms with Crippen molar-refractivity contribution in [3.8, 4) is 5.75 Å². The van der Waals surface area contributed by atoms with Gasteiger partial charge in [-0.15, -0.1) is 0 Å². The number of amides is 1. The third-order valence-electron chi connectivity index (χ3n) is 5.07. The Balaban J connectivity index is 1.57. The van der Waals surface area contributed by atoms with Gasteiger partial charge in [-0.2, -0.15) is 0 Å². The molecule has 1 heterocycles. The summed E-state index contributed by atoms with van der Waals surface area (Å²) in [6.45, 7) is 2.65. The van der Waals surface area contributed by atoms with E-state index in [1.54, 1.807) is 7.11 Å². The van der Waals surface area contributed by atoms with E-state index in [0.29, 0.717) is 31.1 Å². The van der Waals surface area contributed by atoms with Gasteiger partial charge in [-0.1, -0.05) is 18.6 Å². The van der Waals surface area contributed by atoms with E-state index >= 15 is 0 Å². The number of rotatable bonds is 8. The quantitative estimate of drug-likeness (QED) is 0.795. The molecule has 0 unspecified atom stereocenters. The molecule has 1 aromatic rings. The maximum Gasteiger partial charge on any atom is 0.255 e. The van der Waals surface area contributed by atoms with Gasteiger partial charge in [-0.25, -0.2) is 0 Å². The Morgan fingerprint density at radius 1 is 1.33 bits per heavy atom. The Morgan fingerprint density at radius 3 is 2.83 bits per heavy atom. The molecule has 5 heteroatoms. The van der Waals surface area contributed by atoms with Crippen LogP contribution in [0.2, 0.25) is 0 Å². The van der Waals surface area contributed by atoms with E-state index in [9.17, 15) is 4.79 Å². The summed E-state index contributed by atoms with van der Waals surface area (Å²) in [5, 5.41) is 3.06. The minimum absolute atomic E-state index is 0.0830. The summed E-state index contributed by atoms with van der Waals surface area (Å²) in [5.74, 6) is 0.542. The molecular weight excluding hydrogens is 306 g/mol. The molecule has 2 aliphatic rings. The van der Waals surface area contributed by atoms with Gasteiger partial charge in [0.2, 0.25) is 0 Å². The molecule has 1 saturated carbocycles. The second-order valence-corrected chi connectivity index (χ2v) is 6.91. The van der Waals surface area contributed by atoms with E-state index in [2.05, 4.69) is 5.32 Å². The molecule has 24 heavy (non-hydrogen) atoms. The molecule has 0 bridgehead atoms. The Labute approximate surface area is 143 Å².